The van der Waals surface area contributed by atoms with Gasteiger partial charge < -0.3 is 14.8 Å². The van der Waals surface area contributed by atoms with Crippen LogP contribution in [0.4, 0.5) is 23.7 Å². The summed E-state index contributed by atoms with van der Waals surface area (Å²) in [5.41, 5.74) is -1.22. The summed E-state index contributed by atoms with van der Waals surface area (Å²) in [5, 5.41) is 3.08. The van der Waals surface area contributed by atoms with Gasteiger partial charge in [0.2, 0.25) is 0 Å². The Kier molecular flexibility index (Phi) is 9.57. The van der Waals surface area contributed by atoms with Crippen molar-refractivity contribution in [1.82, 2.24) is 15.3 Å². The summed E-state index contributed by atoms with van der Waals surface area (Å²) >= 11 is -0.270. The van der Waals surface area contributed by atoms with Crippen molar-refractivity contribution in [3.63, 3.8) is 0 Å². The van der Waals surface area contributed by atoms with Crippen LogP contribution < -0.4 is 19.7 Å². The summed E-state index contributed by atoms with van der Waals surface area (Å²) in [5.74, 6) is -0.482. The molecule has 1 saturated heterocycles. The number of rotatable bonds is 10. The quantitative estimate of drug-likeness (QED) is 0.115. The number of halogens is 3. The number of nitrogens with zero attached hydrogens (tertiary/aromatic N) is 3. The van der Waals surface area contributed by atoms with Gasteiger partial charge in [0, 0.05) is 52.6 Å². The number of anilines is 1. The molecule has 50 heavy (non-hydrogen) atoms. The van der Waals surface area contributed by atoms with Gasteiger partial charge in [-0.25, -0.2) is 9.69 Å². The fraction of sp³-hybridized carbons (Fsp3) is 0.211. The second-order valence-corrected chi connectivity index (χ2v) is 12.9. The van der Waals surface area contributed by atoms with E-state index in [1.807, 2.05) is 74.5 Å². The van der Waals surface area contributed by atoms with E-state index in [1.165, 1.54) is 24.3 Å². The first kappa shape index (κ1) is 34.5. The number of amides is 3. The number of carbonyl (C=O) groups is 2. The molecule has 2 unspecified atom stereocenters. The van der Waals surface area contributed by atoms with Crippen LogP contribution in [-0.4, -0.2) is 47.2 Å². The van der Waals surface area contributed by atoms with Gasteiger partial charge >= 0.3 is 11.5 Å². The summed E-state index contributed by atoms with van der Waals surface area (Å²) < 4.78 is 49.9. The highest BCUT2D eigenvalue weighted by Crippen LogP contribution is 2.48. The maximum absolute atomic E-state index is 15.0. The Morgan fingerprint density at radius 3 is 1.60 bits per heavy atom. The Bertz CT molecular complexity index is 1910. The van der Waals surface area contributed by atoms with E-state index in [1.54, 1.807) is 39.0 Å². The smallest absolute Gasteiger partial charge is 0.446 e. The van der Waals surface area contributed by atoms with E-state index in [0.717, 1.165) is 38.3 Å². The molecular formula is C38H33F3N4O4S. The van der Waals surface area contributed by atoms with Crippen molar-refractivity contribution in [1.29, 1.82) is 0 Å². The third-order valence-electron chi connectivity index (χ3n) is 9.21. The summed E-state index contributed by atoms with van der Waals surface area (Å²) in [6, 6.07) is 23.1. The summed E-state index contributed by atoms with van der Waals surface area (Å²) in [6.45, 7) is 3.77. The lowest BCUT2D eigenvalue weighted by molar-refractivity contribution is -0.123. The Hall–Kier alpha value is -5.36. The summed E-state index contributed by atoms with van der Waals surface area (Å²) in [4.78, 5) is 38.7. The zero-order valence-electron chi connectivity index (χ0n) is 27.6. The zero-order chi connectivity index (χ0) is 35.6. The van der Waals surface area contributed by atoms with Crippen molar-refractivity contribution in [2.75, 3.05) is 19.1 Å². The molecular weight excluding hydrogens is 666 g/mol. The van der Waals surface area contributed by atoms with Gasteiger partial charge in [-0.2, -0.15) is 13.2 Å². The molecule has 0 saturated carbocycles. The van der Waals surface area contributed by atoms with E-state index in [0.29, 0.717) is 11.5 Å². The molecule has 8 nitrogen and oxygen atoms in total. The summed E-state index contributed by atoms with van der Waals surface area (Å²) in [7, 11) is 3.17. The van der Waals surface area contributed by atoms with Crippen LogP contribution in [0.2, 0.25) is 0 Å². The second kappa shape index (κ2) is 13.9. The van der Waals surface area contributed by atoms with E-state index in [4.69, 9.17) is 9.47 Å². The first-order chi connectivity index (χ1) is 24.0. The number of hydrogen-bond acceptors (Lipinski definition) is 7. The topological polar surface area (TPSA) is 93.7 Å². The fourth-order valence-electron chi connectivity index (χ4n) is 6.64. The molecule has 256 valence electrons. The van der Waals surface area contributed by atoms with Crippen molar-refractivity contribution >= 4 is 29.4 Å². The van der Waals surface area contributed by atoms with Gasteiger partial charge in [-0.3, -0.25) is 14.8 Å². The number of thioether (sulfide) groups is 1. The van der Waals surface area contributed by atoms with Crippen LogP contribution in [0.15, 0.2) is 115 Å². The van der Waals surface area contributed by atoms with E-state index in [2.05, 4.69) is 15.3 Å². The largest absolute Gasteiger partial charge is 0.497 e. The number of ether oxygens (including phenoxy) is 2. The molecule has 0 bridgehead atoms. The SMILES string of the molecule is COc1ccc(-c2cnccc2C(C)C2(C(C)c3ccncc3-c3ccc(OC)cc3)NC(=O)N(c3ccc(SC(F)(F)F)cc3)C2=O)cc1. The van der Waals surface area contributed by atoms with Crippen molar-refractivity contribution < 1.29 is 32.2 Å². The van der Waals surface area contributed by atoms with Gasteiger partial charge in [0.25, 0.3) is 5.91 Å². The monoisotopic (exact) mass is 698 g/mol. The van der Waals surface area contributed by atoms with Crippen molar-refractivity contribution in [3.05, 3.63) is 121 Å². The molecule has 6 rings (SSSR count). The predicted molar refractivity (Wildman–Crippen MR) is 186 cm³/mol. The molecule has 1 N–H and O–H groups in total. The van der Waals surface area contributed by atoms with Gasteiger partial charge in [0.1, 0.15) is 17.0 Å². The molecule has 0 radical (unpaired) electrons. The Labute approximate surface area is 291 Å². The van der Waals surface area contributed by atoms with E-state index >= 15 is 4.79 Å². The number of pyridine rings is 2. The van der Waals surface area contributed by atoms with E-state index < -0.39 is 34.8 Å². The van der Waals surface area contributed by atoms with Gasteiger partial charge in [-0.1, -0.05) is 38.1 Å². The highest BCUT2D eigenvalue weighted by molar-refractivity contribution is 8.00. The van der Waals surface area contributed by atoms with Crippen LogP contribution in [0.5, 0.6) is 11.5 Å². The Balaban J connectivity index is 1.50. The number of hydrogen-bond donors (Lipinski definition) is 1. The summed E-state index contributed by atoms with van der Waals surface area (Å²) in [6.07, 6.45) is 6.72. The van der Waals surface area contributed by atoms with Crippen LogP contribution in [0.3, 0.4) is 0 Å². The number of urea groups is 1. The number of benzene rings is 3. The van der Waals surface area contributed by atoms with Gasteiger partial charge in [-0.05, 0) is 94.7 Å². The zero-order valence-corrected chi connectivity index (χ0v) is 28.4. The lowest BCUT2D eigenvalue weighted by Gasteiger charge is -2.40. The standard InChI is InChI=1S/C38H33F3N4O4S/c1-23(31-17-19-42-21-33(31)25-5-11-28(48-3)12-6-25)37(24(2)32-18-20-43-22-34(32)26-7-13-29(49-4)14-8-26)35(46)45(36(47)44-37)27-9-15-30(16-10-27)50-38(39,40)41/h5-24H,1-4H3,(H,44,47). The average molecular weight is 699 g/mol. The number of imide groups is 1. The van der Waals surface area contributed by atoms with Crippen LogP contribution in [0.25, 0.3) is 22.3 Å². The fourth-order valence-corrected chi connectivity index (χ4v) is 7.18. The first-order valence-electron chi connectivity index (χ1n) is 15.7. The molecule has 12 heteroatoms. The van der Waals surface area contributed by atoms with Gasteiger partial charge in [0.05, 0.1) is 19.9 Å². The number of methoxy groups -OCH3 is 2. The lowest BCUT2D eigenvalue weighted by Crippen LogP contribution is -2.55. The molecule has 5 aromatic rings. The number of alkyl halides is 3. The number of carbonyl (C=O) groups excluding carboxylic acids is 2. The molecule has 1 aliphatic heterocycles. The normalized spacial score (nSPS) is 17.3. The highest BCUT2D eigenvalue weighted by Gasteiger charge is 2.59. The predicted octanol–water partition coefficient (Wildman–Crippen LogP) is 8.84. The third kappa shape index (κ3) is 6.50. The minimum absolute atomic E-state index is 0.0665. The average Bonchev–Trinajstić information content (AvgIpc) is 3.40. The minimum atomic E-state index is -4.49. The van der Waals surface area contributed by atoms with Crippen LogP contribution in [0, 0.1) is 0 Å². The van der Waals surface area contributed by atoms with Crippen molar-refractivity contribution in [2.24, 2.45) is 0 Å². The Morgan fingerprint density at radius 2 is 1.18 bits per heavy atom. The molecule has 1 aliphatic rings. The van der Waals surface area contributed by atoms with Crippen molar-refractivity contribution in [2.45, 2.75) is 41.6 Å². The third-order valence-corrected chi connectivity index (χ3v) is 9.95. The Morgan fingerprint density at radius 1 is 0.720 bits per heavy atom. The molecule has 3 aromatic carbocycles. The van der Waals surface area contributed by atoms with Crippen molar-refractivity contribution in [3.8, 4) is 33.8 Å². The molecule has 0 spiro atoms. The van der Waals surface area contributed by atoms with Crippen LogP contribution in [0.1, 0.15) is 36.8 Å². The molecule has 1 fully saturated rings. The maximum Gasteiger partial charge on any atom is 0.446 e. The molecule has 3 amide bonds. The first-order valence-corrected chi connectivity index (χ1v) is 16.5. The van der Waals surface area contributed by atoms with Crippen LogP contribution in [-0.2, 0) is 4.79 Å². The second-order valence-electron chi connectivity index (χ2n) is 11.8. The lowest BCUT2D eigenvalue weighted by atomic mass is 9.68. The highest BCUT2D eigenvalue weighted by atomic mass is 32.2. The minimum Gasteiger partial charge on any atom is -0.497 e. The van der Waals surface area contributed by atoms with E-state index in [9.17, 15) is 18.0 Å². The van der Waals surface area contributed by atoms with Gasteiger partial charge in [-0.15, -0.1) is 0 Å². The molecule has 2 aromatic heterocycles. The van der Waals surface area contributed by atoms with E-state index in [-0.39, 0.29) is 22.3 Å². The molecule has 3 heterocycles. The molecule has 2 atom stereocenters. The number of aromatic nitrogens is 2. The number of nitrogens with one attached hydrogen (secondary N) is 1. The van der Waals surface area contributed by atoms with Crippen LogP contribution >= 0.6 is 11.8 Å². The van der Waals surface area contributed by atoms with Gasteiger partial charge in [0.15, 0.2) is 0 Å². The maximum atomic E-state index is 15.0. The molecule has 0 aliphatic carbocycles.